The molecule has 2 amide bonds. The number of nitrogens with zero attached hydrogens (tertiary/aromatic N) is 2. The minimum absolute atomic E-state index is 0.00266. The molecule has 0 unspecified atom stereocenters. The minimum atomic E-state index is -0.336. The standard InChI is InChI=1S/C19H23ClN2O4/c1-2-26-19(25)13-7-9-21(10-8-13)18(24)14-11-17(23)22(12-14)16-5-3-15(20)4-6-16/h3-6,13-14H,2,7-12H2,1H3/t14-/m0/s1. The van der Waals surface area contributed by atoms with Crippen LogP contribution in [0.4, 0.5) is 5.69 Å². The Hall–Kier alpha value is -2.08. The Morgan fingerprint density at radius 2 is 1.81 bits per heavy atom. The molecule has 1 atom stereocenters. The maximum Gasteiger partial charge on any atom is 0.309 e. The first-order valence-corrected chi connectivity index (χ1v) is 9.38. The molecule has 0 aromatic heterocycles. The molecule has 0 spiro atoms. The molecule has 2 saturated heterocycles. The lowest BCUT2D eigenvalue weighted by Crippen LogP contribution is -2.44. The van der Waals surface area contributed by atoms with Crippen LogP contribution in [-0.2, 0) is 19.1 Å². The van der Waals surface area contributed by atoms with Gasteiger partial charge in [-0.2, -0.15) is 0 Å². The smallest absolute Gasteiger partial charge is 0.309 e. The van der Waals surface area contributed by atoms with Crippen molar-refractivity contribution in [3.8, 4) is 0 Å². The third-order valence-corrected chi connectivity index (χ3v) is 5.29. The van der Waals surface area contributed by atoms with Crippen molar-refractivity contribution in [2.24, 2.45) is 11.8 Å². The van der Waals surface area contributed by atoms with E-state index in [1.54, 1.807) is 41.0 Å². The van der Waals surface area contributed by atoms with Gasteiger partial charge in [-0.25, -0.2) is 0 Å². The topological polar surface area (TPSA) is 66.9 Å². The van der Waals surface area contributed by atoms with Gasteiger partial charge in [-0.1, -0.05) is 11.6 Å². The molecule has 2 heterocycles. The monoisotopic (exact) mass is 378 g/mol. The molecule has 6 nitrogen and oxygen atoms in total. The van der Waals surface area contributed by atoms with Gasteiger partial charge in [0.15, 0.2) is 0 Å². The molecular formula is C19H23ClN2O4. The number of likely N-dealkylation sites (tertiary alicyclic amines) is 1. The van der Waals surface area contributed by atoms with Crippen LogP contribution < -0.4 is 4.90 Å². The lowest BCUT2D eigenvalue weighted by Gasteiger charge is -2.32. The average Bonchev–Trinajstić information content (AvgIpc) is 3.04. The lowest BCUT2D eigenvalue weighted by atomic mass is 9.95. The molecule has 3 rings (SSSR count). The molecule has 1 aromatic carbocycles. The fraction of sp³-hybridized carbons (Fsp3) is 0.526. The fourth-order valence-electron chi connectivity index (χ4n) is 3.60. The maximum atomic E-state index is 12.8. The second kappa shape index (κ2) is 8.08. The van der Waals surface area contributed by atoms with E-state index in [-0.39, 0.29) is 36.0 Å². The van der Waals surface area contributed by atoms with E-state index in [1.807, 2.05) is 0 Å². The summed E-state index contributed by atoms with van der Waals surface area (Å²) in [5.41, 5.74) is 0.760. The normalized spacial score (nSPS) is 21.2. The highest BCUT2D eigenvalue weighted by Gasteiger charge is 2.38. The maximum absolute atomic E-state index is 12.8. The lowest BCUT2D eigenvalue weighted by molar-refractivity contribution is -0.151. The SMILES string of the molecule is CCOC(=O)C1CCN(C(=O)[C@H]2CC(=O)N(c3ccc(Cl)cc3)C2)CC1. The van der Waals surface area contributed by atoms with Crippen LogP contribution in [0.5, 0.6) is 0 Å². The number of hydrogen-bond acceptors (Lipinski definition) is 4. The second-order valence-corrected chi connectivity index (χ2v) is 7.17. The predicted octanol–water partition coefficient (Wildman–Crippen LogP) is 2.49. The molecule has 0 saturated carbocycles. The molecule has 0 radical (unpaired) electrons. The van der Waals surface area contributed by atoms with Crippen LogP contribution in [0.3, 0.4) is 0 Å². The molecular weight excluding hydrogens is 356 g/mol. The molecule has 26 heavy (non-hydrogen) atoms. The number of esters is 1. The molecule has 7 heteroatoms. The Kier molecular flexibility index (Phi) is 5.81. The Labute approximate surface area is 158 Å². The Morgan fingerprint density at radius 1 is 1.15 bits per heavy atom. The summed E-state index contributed by atoms with van der Waals surface area (Å²) in [7, 11) is 0. The first-order valence-electron chi connectivity index (χ1n) is 9.01. The molecule has 2 fully saturated rings. The van der Waals surface area contributed by atoms with E-state index in [4.69, 9.17) is 16.3 Å². The molecule has 140 valence electrons. The van der Waals surface area contributed by atoms with Gasteiger partial charge in [0.25, 0.3) is 0 Å². The zero-order valence-electron chi connectivity index (χ0n) is 14.8. The van der Waals surface area contributed by atoms with Crippen molar-refractivity contribution < 1.29 is 19.1 Å². The van der Waals surface area contributed by atoms with Crippen molar-refractivity contribution >= 4 is 35.1 Å². The third kappa shape index (κ3) is 4.01. The number of carbonyl (C=O) groups excluding carboxylic acids is 3. The summed E-state index contributed by atoms with van der Waals surface area (Å²) in [5, 5.41) is 0.609. The Bertz CT molecular complexity index is 683. The van der Waals surface area contributed by atoms with E-state index in [2.05, 4.69) is 0 Å². The fourth-order valence-corrected chi connectivity index (χ4v) is 3.72. The van der Waals surface area contributed by atoms with Gasteiger partial charge in [0.2, 0.25) is 11.8 Å². The molecule has 2 aliphatic rings. The average molecular weight is 379 g/mol. The van der Waals surface area contributed by atoms with Crippen LogP contribution in [0.25, 0.3) is 0 Å². The number of halogens is 1. The van der Waals surface area contributed by atoms with Crippen LogP contribution >= 0.6 is 11.6 Å². The van der Waals surface area contributed by atoms with Crippen molar-refractivity contribution in [1.29, 1.82) is 0 Å². The van der Waals surface area contributed by atoms with E-state index < -0.39 is 0 Å². The number of hydrogen-bond donors (Lipinski definition) is 0. The number of rotatable bonds is 4. The van der Waals surface area contributed by atoms with Gasteiger partial charge in [-0.05, 0) is 44.0 Å². The van der Waals surface area contributed by atoms with Crippen molar-refractivity contribution in [3.63, 3.8) is 0 Å². The Morgan fingerprint density at radius 3 is 2.42 bits per heavy atom. The van der Waals surface area contributed by atoms with E-state index in [1.165, 1.54) is 0 Å². The van der Waals surface area contributed by atoms with Gasteiger partial charge in [0.1, 0.15) is 0 Å². The number of ether oxygens (including phenoxy) is 1. The van der Waals surface area contributed by atoms with Crippen molar-refractivity contribution in [3.05, 3.63) is 29.3 Å². The minimum Gasteiger partial charge on any atom is -0.466 e. The molecule has 0 aliphatic carbocycles. The van der Waals surface area contributed by atoms with Crippen LogP contribution in [-0.4, -0.2) is 48.9 Å². The highest BCUT2D eigenvalue weighted by molar-refractivity contribution is 6.30. The first-order chi connectivity index (χ1) is 12.5. The second-order valence-electron chi connectivity index (χ2n) is 6.73. The largest absolute Gasteiger partial charge is 0.466 e. The van der Waals surface area contributed by atoms with E-state index in [9.17, 15) is 14.4 Å². The summed E-state index contributed by atoms with van der Waals surface area (Å²) in [6.45, 7) is 3.63. The van der Waals surface area contributed by atoms with Crippen LogP contribution in [0.1, 0.15) is 26.2 Å². The zero-order chi connectivity index (χ0) is 18.7. The summed E-state index contributed by atoms with van der Waals surface area (Å²) in [5.74, 6) is -0.694. The molecule has 1 aromatic rings. The zero-order valence-corrected chi connectivity index (χ0v) is 15.6. The number of benzene rings is 1. The van der Waals surface area contributed by atoms with Gasteiger partial charge in [-0.3, -0.25) is 14.4 Å². The third-order valence-electron chi connectivity index (χ3n) is 5.04. The summed E-state index contributed by atoms with van der Waals surface area (Å²) < 4.78 is 5.06. The highest BCUT2D eigenvalue weighted by atomic mass is 35.5. The van der Waals surface area contributed by atoms with Crippen molar-refractivity contribution in [2.75, 3.05) is 31.1 Å². The summed E-state index contributed by atoms with van der Waals surface area (Å²) in [6.07, 6.45) is 1.46. The van der Waals surface area contributed by atoms with Crippen LogP contribution in [0.2, 0.25) is 5.02 Å². The number of amides is 2. The van der Waals surface area contributed by atoms with Gasteiger partial charge in [0, 0.05) is 36.8 Å². The van der Waals surface area contributed by atoms with Crippen molar-refractivity contribution in [1.82, 2.24) is 4.90 Å². The summed E-state index contributed by atoms with van der Waals surface area (Å²) in [4.78, 5) is 40.4. The predicted molar refractivity (Wildman–Crippen MR) is 97.8 cm³/mol. The van der Waals surface area contributed by atoms with Gasteiger partial charge < -0.3 is 14.5 Å². The highest BCUT2D eigenvalue weighted by Crippen LogP contribution is 2.29. The molecule has 0 bridgehead atoms. The quantitative estimate of drug-likeness (QED) is 0.755. The van der Waals surface area contributed by atoms with E-state index in [0.717, 1.165) is 5.69 Å². The van der Waals surface area contributed by atoms with Gasteiger partial charge in [0.05, 0.1) is 18.4 Å². The van der Waals surface area contributed by atoms with Gasteiger partial charge in [-0.15, -0.1) is 0 Å². The number of carbonyl (C=O) groups is 3. The van der Waals surface area contributed by atoms with Gasteiger partial charge >= 0.3 is 5.97 Å². The van der Waals surface area contributed by atoms with Crippen LogP contribution in [0.15, 0.2) is 24.3 Å². The summed E-state index contributed by atoms with van der Waals surface area (Å²) in [6, 6.07) is 7.05. The first kappa shape index (κ1) is 18.7. The number of piperidine rings is 1. The summed E-state index contributed by atoms with van der Waals surface area (Å²) >= 11 is 5.89. The molecule has 2 aliphatic heterocycles. The number of anilines is 1. The van der Waals surface area contributed by atoms with E-state index >= 15 is 0 Å². The van der Waals surface area contributed by atoms with Crippen molar-refractivity contribution in [2.45, 2.75) is 26.2 Å². The van der Waals surface area contributed by atoms with E-state index in [0.29, 0.717) is 44.1 Å². The van der Waals surface area contributed by atoms with Crippen LogP contribution in [0, 0.1) is 11.8 Å². The Balaban J connectivity index is 1.57. The molecule has 0 N–H and O–H groups in total.